The minimum absolute atomic E-state index is 0.0967. The Kier molecular flexibility index (Phi) is 4.41. The highest BCUT2D eigenvalue weighted by molar-refractivity contribution is 6.31. The average molecular weight is 311 g/mol. The predicted molar refractivity (Wildman–Crippen MR) is 84.2 cm³/mol. The second-order valence-electron chi connectivity index (χ2n) is 5.91. The van der Waals surface area contributed by atoms with E-state index < -0.39 is 5.82 Å². The van der Waals surface area contributed by atoms with E-state index in [1.54, 1.807) is 12.1 Å². The lowest BCUT2D eigenvalue weighted by Gasteiger charge is -2.20. The van der Waals surface area contributed by atoms with Crippen molar-refractivity contribution in [1.82, 2.24) is 0 Å². The van der Waals surface area contributed by atoms with Crippen LogP contribution in [-0.2, 0) is 5.41 Å². The monoisotopic (exact) mass is 310 g/mol. The van der Waals surface area contributed by atoms with Crippen molar-refractivity contribution in [2.24, 2.45) is 0 Å². The highest BCUT2D eigenvalue weighted by atomic mass is 35.5. The fourth-order valence-corrected chi connectivity index (χ4v) is 2.48. The van der Waals surface area contributed by atoms with Crippen LogP contribution in [0.5, 0.6) is 0 Å². The van der Waals surface area contributed by atoms with Gasteiger partial charge in [0.15, 0.2) is 0 Å². The first-order chi connectivity index (χ1) is 9.29. The van der Waals surface area contributed by atoms with E-state index in [1.807, 2.05) is 12.1 Å². The third kappa shape index (κ3) is 3.34. The normalized spacial score (nSPS) is 13.3. The maximum atomic E-state index is 13.2. The summed E-state index contributed by atoms with van der Waals surface area (Å²) in [5.41, 5.74) is 3.13. The van der Waals surface area contributed by atoms with Gasteiger partial charge in [0.25, 0.3) is 0 Å². The van der Waals surface area contributed by atoms with Gasteiger partial charge in [-0.1, -0.05) is 62.7 Å². The Labute approximate surface area is 129 Å². The zero-order valence-corrected chi connectivity index (χ0v) is 13.3. The predicted octanol–water partition coefficient (Wildman–Crippen LogP) is 6.10. The van der Waals surface area contributed by atoms with E-state index in [1.165, 1.54) is 11.6 Å². The van der Waals surface area contributed by atoms with Crippen molar-refractivity contribution in [2.75, 3.05) is 0 Å². The summed E-state index contributed by atoms with van der Waals surface area (Å²) in [5, 5.41) is -0.235. The van der Waals surface area contributed by atoms with Gasteiger partial charge in [0, 0.05) is 0 Å². The van der Waals surface area contributed by atoms with Crippen LogP contribution in [0.15, 0.2) is 42.5 Å². The maximum Gasteiger partial charge on any atom is 0.141 e. The molecule has 106 valence electrons. The third-order valence-electron chi connectivity index (χ3n) is 3.31. The number of hydrogen-bond donors (Lipinski definition) is 0. The largest absolute Gasteiger partial charge is 0.205 e. The SMILES string of the molecule is CC(C)(C)c1ccc(C(Cl)c2ccc(F)c(Cl)c2)cc1. The van der Waals surface area contributed by atoms with Gasteiger partial charge in [-0.3, -0.25) is 0 Å². The number of halogens is 3. The second-order valence-corrected chi connectivity index (χ2v) is 6.75. The minimum atomic E-state index is -0.428. The summed E-state index contributed by atoms with van der Waals surface area (Å²) in [6.07, 6.45) is 0. The summed E-state index contributed by atoms with van der Waals surface area (Å²) < 4.78 is 13.2. The molecule has 2 rings (SSSR count). The van der Waals surface area contributed by atoms with Crippen molar-refractivity contribution in [2.45, 2.75) is 31.6 Å². The van der Waals surface area contributed by atoms with Gasteiger partial charge in [-0.2, -0.15) is 0 Å². The molecule has 0 saturated carbocycles. The molecule has 0 aliphatic carbocycles. The van der Waals surface area contributed by atoms with Crippen LogP contribution in [0.25, 0.3) is 0 Å². The Morgan fingerprint density at radius 1 is 0.950 bits per heavy atom. The lowest BCUT2D eigenvalue weighted by Crippen LogP contribution is -2.10. The molecule has 1 atom stereocenters. The van der Waals surface area contributed by atoms with E-state index in [0.29, 0.717) is 0 Å². The Hall–Kier alpha value is -1.05. The Morgan fingerprint density at radius 3 is 2.00 bits per heavy atom. The molecule has 0 aromatic heterocycles. The second kappa shape index (κ2) is 5.75. The van der Waals surface area contributed by atoms with Crippen LogP contribution in [0.1, 0.15) is 42.8 Å². The summed E-state index contributed by atoms with van der Waals surface area (Å²) in [4.78, 5) is 0. The van der Waals surface area contributed by atoms with Crippen LogP contribution in [0.4, 0.5) is 4.39 Å². The standard InChI is InChI=1S/C17H17Cl2F/c1-17(2,3)13-7-4-11(5-8-13)16(19)12-6-9-15(20)14(18)10-12/h4-10,16H,1-3H3. The highest BCUT2D eigenvalue weighted by Gasteiger charge is 2.16. The third-order valence-corrected chi connectivity index (χ3v) is 4.10. The average Bonchev–Trinajstić information content (AvgIpc) is 2.40. The van der Waals surface area contributed by atoms with Crippen LogP contribution in [0.3, 0.4) is 0 Å². The molecule has 20 heavy (non-hydrogen) atoms. The van der Waals surface area contributed by atoms with Crippen LogP contribution in [-0.4, -0.2) is 0 Å². The molecule has 1 unspecified atom stereocenters. The zero-order valence-electron chi connectivity index (χ0n) is 11.8. The minimum Gasteiger partial charge on any atom is -0.205 e. The van der Waals surface area contributed by atoms with E-state index in [0.717, 1.165) is 11.1 Å². The fourth-order valence-electron chi connectivity index (χ4n) is 2.01. The molecular formula is C17H17Cl2F. The van der Waals surface area contributed by atoms with E-state index in [2.05, 4.69) is 32.9 Å². The summed E-state index contributed by atoms with van der Waals surface area (Å²) in [5.74, 6) is -0.428. The van der Waals surface area contributed by atoms with E-state index in [4.69, 9.17) is 23.2 Å². The van der Waals surface area contributed by atoms with E-state index >= 15 is 0 Å². The van der Waals surface area contributed by atoms with Crippen molar-refractivity contribution < 1.29 is 4.39 Å². The van der Waals surface area contributed by atoms with E-state index in [-0.39, 0.29) is 15.8 Å². The summed E-state index contributed by atoms with van der Waals surface area (Å²) in [7, 11) is 0. The van der Waals surface area contributed by atoms with Crippen LogP contribution < -0.4 is 0 Å². The Morgan fingerprint density at radius 2 is 1.50 bits per heavy atom. The quantitative estimate of drug-likeness (QED) is 0.587. The molecule has 0 heterocycles. The van der Waals surface area contributed by atoms with Crippen molar-refractivity contribution in [3.8, 4) is 0 Å². The van der Waals surface area contributed by atoms with Crippen LogP contribution in [0, 0.1) is 5.82 Å². The maximum absolute atomic E-state index is 13.2. The number of alkyl halides is 1. The fraction of sp³-hybridized carbons (Fsp3) is 0.294. The van der Waals surface area contributed by atoms with Gasteiger partial charge in [0.2, 0.25) is 0 Å². The molecular weight excluding hydrogens is 294 g/mol. The molecule has 3 heteroatoms. The first-order valence-electron chi connectivity index (χ1n) is 6.48. The van der Waals surface area contributed by atoms with Crippen molar-refractivity contribution in [1.29, 1.82) is 0 Å². The Balaban J connectivity index is 2.29. The van der Waals surface area contributed by atoms with Crippen LogP contribution >= 0.6 is 23.2 Å². The topological polar surface area (TPSA) is 0 Å². The first kappa shape index (κ1) is 15.3. The van der Waals surface area contributed by atoms with Gasteiger partial charge >= 0.3 is 0 Å². The molecule has 0 aliphatic rings. The summed E-state index contributed by atoms with van der Waals surface area (Å²) >= 11 is 12.2. The lowest BCUT2D eigenvalue weighted by molar-refractivity contribution is 0.590. The van der Waals surface area contributed by atoms with Crippen molar-refractivity contribution >= 4 is 23.2 Å². The molecule has 0 N–H and O–H groups in total. The molecule has 0 spiro atoms. The van der Waals surface area contributed by atoms with Gasteiger partial charge in [0.05, 0.1) is 10.4 Å². The molecule has 0 saturated heterocycles. The molecule has 2 aromatic carbocycles. The molecule has 0 bridgehead atoms. The Bertz CT molecular complexity index is 597. The molecule has 0 amide bonds. The number of benzene rings is 2. The van der Waals surface area contributed by atoms with Gasteiger partial charge < -0.3 is 0 Å². The van der Waals surface area contributed by atoms with Gasteiger partial charge in [-0.25, -0.2) is 4.39 Å². The number of rotatable bonds is 2. The molecule has 2 aromatic rings. The zero-order chi connectivity index (χ0) is 14.9. The highest BCUT2D eigenvalue weighted by Crippen LogP contribution is 2.32. The molecule has 0 fully saturated rings. The smallest absolute Gasteiger partial charge is 0.141 e. The van der Waals surface area contributed by atoms with Crippen molar-refractivity contribution in [3.05, 3.63) is 70.0 Å². The van der Waals surface area contributed by atoms with Crippen molar-refractivity contribution in [3.63, 3.8) is 0 Å². The lowest BCUT2D eigenvalue weighted by atomic mass is 9.86. The number of hydrogen-bond acceptors (Lipinski definition) is 0. The molecule has 0 nitrogen and oxygen atoms in total. The van der Waals surface area contributed by atoms with Gasteiger partial charge in [-0.05, 0) is 34.2 Å². The summed E-state index contributed by atoms with van der Waals surface area (Å²) in [6.45, 7) is 6.50. The summed E-state index contributed by atoms with van der Waals surface area (Å²) in [6, 6.07) is 12.8. The first-order valence-corrected chi connectivity index (χ1v) is 7.30. The van der Waals surface area contributed by atoms with E-state index in [9.17, 15) is 4.39 Å². The van der Waals surface area contributed by atoms with Gasteiger partial charge in [0.1, 0.15) is 5.82 Å². The van der Waals surface area contributed by atoms with Gasteiger partial charge in [-0.15, -0.1) is 11.6 Å². The van der Waals surface area contributed by atoms with Crippen LogP contribution in [0.2, 0.25) is 5.02 Å². The molecule has 0 radical (unpaired) electrons. The molecule has 0 aliphatic heterocycles.